The van der Waals surface area contributed by atoms with Crippen molar-refractivity contribution >= 4 is 21.6 Å². The SMILES string of the molecule is N#Cc1ccc(N(Cc2nnc(-c3ccc(Br)o3)o2)CC(F)(F)F)cc1C(F)(F)F. The topological polar surface area (TPSA) is 79.1 Å². The monoisotopic (exact) mass is 494 g/mol. The fourth-order valence-corrected chi connectivity index (χ4v) is 2.83. The Morgan fingerprint density at radius 2 is 1.77 bits per heavy atom. The van der Waals surface area contributed by atoms with Crippen molar-refractivity contribution in [3.05, 3.63) is 52.0 Å². The van der Waals surface area contributed by atoms with Gasteiger partial charge >= 0.3 is 12.4 Å². The highest BCUT2D eigenvalue weighted by atomic mass is 79.9. The maximum absolute atomic E-state index is 13.2. The number of nitriles is 1. The molecule has 0 spiro atoms. The zero-order chi connectivity index (χ0) is 22.1. The molecule has 2 aromatic heterocycles. The molecule has 30 heavy (non-hydrogen) atoms. The Morgan fingerprint density at radius 1 is 1.03 bits per heavy atom. The maximum atomic E-state index is 13.2. The molecule has 0 saturated heterocycles. The minimum absolute atomic E-state index is 0.113. The molecule has 0 amide bonds. The van der Waals surface area contributed by atoms with Gasteiger partial charge in [0.1, 0.15) is 6.54 Å². The fourth-order valence-electron chi connectivity index (χ4n) is 2.53. The second-order valence-electron chi connectivity index (χ2n) is 5.92. The van der Waals surface area contributed by atoms with Crippen LogP contribution in [0.15, 0.2) is 43.8 Å². The van der Waals surface area contributed by atoms with Gasteiger partial charge in [0.2, 0.25) is 5.89 Å². The standard InChI is InChI=1S/C17H9BrF6N4O2/c18-13-4-3-12(29-13)15-27-26-14(30-15)7-28(8-16(19,20)21)10-2-1-9(6-25)11(5-10)17(22,23)24/h1-5H,7-8H2. The molecule has 0 fully saturated rings. The lowest BCUT2D eigenvalue weighted by molar-refractivity contribution is -0.137. The minimum atomic E-state index is -4.92. The van der Waals surface area contributed by atoms with Crippen molar-refractivity contribution < 1.29 is 35.2 Å². The van der Waals surface area contributed by atoms with Crippen molar-refractivity contribution in [1.29, 1.82) is 5.26 Å². The Balaban J connectivity index is 1.95. The van der Waals surface area contributed by atoms with E-state index < -0.39 is 42.3 Å². The molecular formula is C17H9BrF6N4O2. The number of furan rings is 1. The summed E-state index contributed by atoms with van der Waals surface area (Å²) in [6.45, 7) is -2.21. The lowest BCUT2D eigenvalue weighted by Crippen LogP contribution is -2.34. The van der Waals surface area contributed by atoms with Gasteiger partial charge in [-0.2, -0.15) is 31.6 Å². The van der Waals surface area contributed by atoms with Crippen LogP contribution in [0, 0.1) is 11.3 Å². The summed E-state index contributed by atoms with van der Waals surface area (Å²) in [6.07, 6.45) is -9.66. The maximum Gasteiger partial charge on any atom is 0.417 e. The largest absolute Gasteiger partial charge is 0.444 e. The average Bonchev–Trinajstić information content (AvgIpc) is 3.27. The first-order chi connectivity index (χ1) is 14.0. The predicted octanol–water partition coefficient (Wildman–Crippen LogP) is 5.55. The Labute approximate surface area is 172 Å². The number of hydrogen-bond donors (Lipinski definition) is 0. The summed E-state index contributed by atoms with van der Waals surface area (Å²) in [4.78, 5) is 0.589. The van der Waals surface area contributed by atoms with Crippen LogP contribution in [0.25, 0.3) is 11.7 Å². The number of halogens is 7. The summed E-state index contributed by atoms with van der Waals surface area (Å²) in [6, 6.07) is 6.65. The van der Waals surface area contributed by atoms with Gasteiger partial charge in [-0.3, -0.25) is 0 Å². The summed E-state index contributed by atoms with van der Waals surface area (Å²) >= 11 is 3.07. The Morgan fingerprint density at radius 3 is 2.33 bits per heavy atom. The summed E-state index contributed by atoms with van der Waals surface area (Å²) in [7, 11) is 0. The number of benzene rings is 1. The fraction of sp³-hybridized carbons (Fsp3) is 0.235. The molecule has 1 aromatic carbocycles. The van der Waals surface area contributed by atoms with Crippen LogP contribution in [-0.2, 0) is 12.7 Å². The van der Waals surface area contributed by atoms with Crippen LogP contribution in [0.5, 0.6) is 0 Å². The van der Waals surface area contributed by atoms with E-state index in [0.717, 1.165) is 12.1 Å². The molecule has 0 atom stereocenters. The summed E-state index contributed by atoms with van der Waals surface area (Å²) in [5.74, 6) is -0.237. The van der Waals surface area contributed by atoms with E-state index in [2.05, 4.69) is 26.1 Å². The third-order valence-electron chi connectivity index (χ3n) is 3.74. The van der Waals surface area contributed by atoms with E-state index in [1.807, 2.05) is 0 Å². The molecule has 6 nitrogen and oxygen atoms in total. The molecule has 158 valence electrons. The number of anilines is 1. The van der Waals surface area contributed by atoms with Crippen LogP contribution < -0.4 is 4.90 Å². The number of alkyl halides is 6. The van der Waals surface area contributed by atoms with Crippen LogP contribution >= 0.6 is 15.9 Å². The van der Waals surface area contributed by atoms with Gasteiger partial charge in [-0.15, -0.1) is 10.2 Å². The van der Waals surface area contributed by atoms with Gasteiger partial charge in [-0.25, -0.2) is 0 Å². The normalized spacial score (nSPS) is 12.1. The molecule has 0 radical (unpaired) electrons. The van der Waals surface area contributed by atoms with Gasteiger partial charge in [-0.1, -0.05) is 0 Å². The lowest BCUT2D eigenvalue weighted by Gasteiger charge is -2.25. The van der Waals surface area contributed by atoms with Crippen molar-refractivity contribution in [2.75, 3.05) is 11.4 Å². The molecule has 0 N–H and O–H groups in total. The van der Waals surface area contributed by atoms with E-state index in [1.165, 1.54) is 18.2 Å². The molecule has 0 aliphatic rings. The first kappa shape index (κ1) is 21.7. The van der Waals surface area contributed by atoms with Crippen molar-refractivity contribution in [3.8, 4) is 17.7 Å². The van der Waals surface area contributed by atoms with Gasteiger partial charge in [0.15, 0.2) is 10.4 Å². The van der Waals surface area contributed by atoms with Gasteiger partial charge in [0, 0.05) is 5.69 Å². The average molecular weight is 495 g/mol. The quantitative estimate of drug-likeness (QED) is 0.432. The van der Waals surface area contributed by atoms with Crippen LogP contribution in [-0.4, -0.2) is 22.9 Å². The molecule has 0 unspecified atom stereocenters. The number of aromatic nitrogens is 2. The van der Waals surface area contributed by atoms with E-state index >= 15 is 0 Å². The van der Waals surface area contributed by atoms with Crippen molar-refractivity contribution in [2.24, 2.45) is 0 Å². The number of rotatable bonds is 5. The molecule has 3 aromatic rings. The van der Waals surface area contributed by atoms with Gasteiger partial charge in [0.05, 0.1) is 23.7 Å². The highest BCUT2D eigenvalue weighted by Gasteiger charge is 2.36. The van der Waals surface area contributed by atoms with E-state index in [0.29, 0.717) is 15.6 Å². The third kappa shape index (κ3) is 5.12. The minimum Gasteiger partial charge on any atom is -0.444 e. The zero-order valence-electron chi connectivity index (χ0n) is 14.6. The van der Waals surface area contributed by atoms with Crippen molar-refractivity contribution in [2.45, 2.75) is 18.9 Å². The summed E-state index contributed by atoms with van der Waals surface area (Å²) in [5.41, 5.74) is -2.47. The van der Waals surface area contributed by atoms with Crippen LogP contribution in [0.3, 0.4) is 0 Å². The third-order valence-corrected chi connectivity index (χ3v) is 4.17. The van der Waals surface area contributed by atoms with Gasteiger partial charge in [-0.05, 0) is 46.3 Å². The molecule has 13 heteroatoms. The summed E-state index contributed by atoms with van der Waals surface area (Å²) in [5, 5.41) is 16.1. The number of nitrogens with zero attached hydrogens (tertiary/aromatic N) is 4. The molecule has 0 saturated carbocycles. The Kier molecular flexibility index (Phi) is 5.80. The predicted molar refractivity (Wildman–Crippen MR) is 93.0 cm³/mol. The van der Waals surface area contributed by atoms with Crippen molar-refractivity contribution in [1.82, 2.24) is 10.2 Å². The first-order valence-electron chi connectivity index (χ1n) is 7.97. The Bertz CT molecular complexity index is 1080. The second-order valence-corrected chi connectivity index (χ2v) is 6.70. The molecule has 0 aliphatic heterocycles. The van der Waals surface area contributed by atoms with E-state index in [4.69, 9.17) is 14.1 Å². The number of hydrogen-bond acceptors (Lipinski definition) is 6. The molecule has 2 heterocycles. The molecular weight excluding hydrogens is 486 g/mol. The van der Waals surface area contributed by atoms with E-state index in [9.17, 15) is 26.3 Å². The lowest BCUT2D eigenvalue weighted by atomic mass is 10.1. The summed E-state index contributed by atoms with van der Waals surface area (Å²) < 4.78 is 89.5. The Hall–Kier alpha value is -3.01. The highest BCUT2D eigenvalue weighted by molar-refractivity contribution is 9.10. The van der Waals surface area contributed by atoms with E-state index in [1.54, 1.807) is 0 Å². The van der Waals surface area contributed by atoms with Crippen LogP contribution in [0.2, 0.25) is 0 Å². The first-order valence-corrected chi connectivity index (χ1v) is 8.77. The van der Waals surface area contributed by atoms with Gasteiger partial charge in [0.25, 0.3) is 5.89 Å². The molecule has 0 aliphatic carbocycles. The van der Waals surface area contributed by atoms with Crippen LogP contribution in [0.1, 0.15) is 17.0 Å². The zero-order valence-corrected chi connectivity index (χ0v) is 16.1. The molecule has 3 rings (SSSR count). The van der Waals surface area contributed by atoms with Crippen molar-refractivity contribution in [3.63, 3.8) is 0 Å². The second kappa shape index (κ2) is 8.02. The smallest absolute Gasteiger partial charge is 0.417 e. The van der Waals surface area contributed by atoms with E-state index in [-0.39, 0.29) is 17.5 Å². The molecule has 0 bridgehead atoms. The highest BCUT2D eigenvalue weighted by Crippen LogP contribution is 2.35. The van der Waals surface area contributed by atoms with Gasteiger partial charge < -0.3 is 13.7 Å². The van der Waals surface area contributed by atoms with Crippen LogP contribution in [0.4, 0.5) is 32.0 Å².